The summed E-state index contributed by atoms with van der Waals surface area (Å²) >= 11 is 6.22. The molecule has 10 nitrogen and oxygen atoms in total. The van der Waals surface area contributed by atoms with Crippen LogP contribution in [0.1, 0.15) is 39.9 Å². The predicted molar refractivity (Wildman–Crippen MR) is 158 cm³/mol. The summed E-state index contributed by atoms with van der Waals surface area (Å²) in [6.45, 7) is 1.80. The summed E-state index contributed by atoms with van der Waals surface area (Å²) in [5.41, 5.74) is 1.52. The van der Waals surface area contributed by atoms with Crippen LogP contribution in [0.15, 0.2) is 71.8 Å². The van der Waals surface area contributed by atoms with E-state index in [9.17, 15) is 18.0 Å². The van der Waals surface area contributed by atoms with E-state index < -0.39 is 33.4 Å². The number of fused-ring (bicyclic) bond motifs is 2. The smallest absolute Gasteiger partial charge is 0.298 e. The van der Waals surface area contributed by atoms with E-state index in [-0.39, 0.29) is 42.0 Å². The normalized spacial score (nSPS) is 15.1. The maximum Gasteiger partial charge on any atom is 0.298 e. The molecule has 0 atom stereocenters. The summed E-state index contributed by atoms with van der Waals surface area (Å²) in [6, 6.07) is 15.2. The zero-order valence-corrected chi connectivity index (χ0v) is 24.8. The molecule has 4 aromatic rings. The summed E-state index contributed by atoms with van der Waals surface area (Å²) < 4.78 is 47.7. The van der Waals surface area contributed by atoms with Gasteiger partial charge >= 0.3 is 0 Å². The summed E-state index contributed by atoms with van der Waals surface area (Å²) in [7, 11) is -2.39. The SMILES string of the molecule is Cc1ccc(S(=O)(=O)OC2(C(=O)NCc3ccc(C(=O)N4Cc5cnn(C)c5Nc5cc(Cl)ccc54)cc3F)CC2)cc1. The van der Waals surface area contributed by atoms with Gasteiger partial charge in [0, 0.05) is 35.3 Å². The average Bonchev–Trinajstić information content (AvgIpc) is 3.70. The third kappa shape index (κ3) is 5.61. The molecule has 2 N–H and O–H groups in total. The number of anilines is 3. The number of carbonyl (C=O) groups is 2. The van der Waals surface area contributed by atoms with Gasteiger partial charge in [0.15, 0.2) is 5.60 Å². The van der Waals surface area contributed by atoms with Crippen molar-refractivity contribution in [2.75, 3.05) is 10.2 Å². The Kier molecular flexibility index (Phi) is 7.23. The standard InChI is InChI=1S/C30H27ClFN5O5S/c1-18-3-8-23(9-4-18)43(40,41)42-30(11-12-30)29(39)33-15-20-6-5-19(13-24(20)32)28(38)37-17-21-16-34-36(2)27(21)35-25-14-22(31)7-10-26(25)37/h3-10,13-14,16,35H,11-12,15,17H2,1-2H3,(H,33,39). The van der Waals surface area contributed by atoms with Crippen molar-refractivity contribution in [1.82, 2.24) is 15.1 Å². The van der Waals surface area contributed by atoms with Crippen LogP contribution in [-0.4, -0.2) is 35.6 Å². The molecule has 2 amide bonds. The molecule has 3 aromatic carbocycles. The van der Waals surface area contributed by atoms with Gasteiger partial charge in [-0.2, -0.15) is 13.5 Å². The highest BCUT2D eigenvalue weighted by Gasteiger charge is 2.55. The Morgan fingerprint density at radius 3 is 2.56 bits per heavy atom. The van der Waals surface area contributed by atoms with E-state index in [1.54, 1.807) is 48.3 Å². The Labute approximate surface area is 252 Å². The molecule has 0 saturated heterocycles. The van der Waals surface area contributed by atoms with Crippen LogP contribution in [0.25, 0.3) is 0 Å². The molecule has 0 spiro atoms. The lowest BCUT2D eigenvalue weighted by Gasteiger charge is -2.23. The van der Waals surface area contributed by atoms with E-state index in [2.05, 4.69) is 15.7 Å². The first kappa shape index (κ1) is 28.8. The Hall–Kier alpha value is -4.26. The van der Waals surface area contributed by atoms with Crippen LogP contribution in [0.2, 0.25) is 5.02 Å². The number of nitrogens with one attached hydrogen (secondary N) is 2. The zero-order chi connectivity index (χ0) is 30.5. The van der Waals surface area contributed by atoms with Gasteiger partial charge in [-0.05, 0) is 62.2 Å². The number of benzene rings is 3. The monoisotopic (exact) mass is 623 g/mol. The van der Waals surface area contributed by atoms with Crippen LogP contribution in [0.4, 0.5) is 21.6 Å². The van der Waals surface area contributed by atoms with Gasteiger partial charge in [-0.3, -0.25) is 14.3 Å². The Balaban J connectivity index is 1.17. The number of hydrogen-bond acceptors (Lipinski definition) is 7. The minimum absolute atomic E-state index is 0.0471. The van der Waals surface area contributed by atoms with Crippen LogP contribution < -0.4 is 15.5 Å². The van der Waals surface area contributed by atoms with Crippen LogP contribution in [0.3, 0.4) is 0 Å². The second-order valence-electron chi connectivity index (χ2n) is 10.7. The minimum Gasteiger partial charge on any atom is -0.349 e. The second-order valence-corrected chi connectivity index (χ2v) is 12.6. The fraction of sp³-hybridized carbons (Fsp3) is 0.233. The molecule has 222 valence electrons. The number of aryl methyl sites for hydroxylation is 2. The first-order valence-corrected chi connectivity index (χ1v) is 15.2. The maximum atomic E-state index is 15.2. The largest absolute Gasteiger partial charge is 0.349 e. The molecule has 43 heavy (non-hydrogen) atoms. The first-order valence-electron chi connectivity index (χ1n) is 13.4. The van der Waals surface area contributed by atoms with Crippen molar-refractivity contribution >= 4 is 50.7 Å². The summed E-state index contributed by atoms with van der Waals surface area (Å²) in [4.78, 5) is 28.1. The number of hydrogen-bond donors (Lipinski definition) is 2. The van der Waals surface area contributed by atoms with Crippen molar-refractivity contribution in [1.29, 1.82) is 0 Å². The van der Waals surface area contributed by atoms with Gasteiger partial charge in [0.1, 0.15) is 11.6 Å². The lowest BCUT2D eigenvalue weighted by molar-refractivity contribution is -0.129. The van der Waals surface area contributed by atoms with Crippen molar-refractivity contribution in [3.8, 4) is 0 Å². The van der Waals surface area contributed by atoms with Crippen molar-refractivity contribution in [2.45, 2.75) is 43.4 Å². The fourth-order valence-electron chi connectivity index (χ4n) is 4.91. The van der Waals surface area contributed by atoms with Crippen molar-refractivity contribution < 1.29 is 26.6 Å². The number of amides is 2. The zero-order valence-electron chi connectivity index (χ0n) is 23.2. The molecule has 6 rings (SSSR count). The quantitative estimate of drug-likeness (QED) is 0.278. The molecule has 1 aliphatic heterocycles. The Morgan fingerprint density at radius 1 is 1.12 bits per heavy atom. The highest BCUT2D eigenvalue weighted by molar-refractivity contribution is 7.86. The molecule has 2 aliphatic rings. The highest BCUT2D eigenvalue weighted by atomic mass is 35.5. The molecule has 2 heterocycles. The Morgan fingerprint density at radius 2 is 1.86 bits per heavy atom. The Bertz CT molecular complexity index is 1870. The van der Waals surface area contributed by atoms with Crippen LogP contribution in [0, 0.1) is 12.7 Å². The second kappa shape index (κ2) is 10.8. The molecule has 1 fully saturated rings. The van der Waals surface area contributed by atoms with E-state index in [0.717, 1.165) is 17.2 Å². The highest BCUT2D eigenvalue weighted by Crippen LogP contribution is 2.42. The lowest BCUT2D eigenvalue weighted by Crippen LogP contribution is -2.39. The fourth-order valence-corrected chi connectivity index (χ4v) is 6.31. The lowest BCUT2D eigenvalue weighted by atomic mass is 10.1. The molecule has 1 saturated carbocycles. The molecule has 1 aromatic heterocycles. The average molecular weight is 624 g/mol. The molecule has 0 unspecified atom stereocenters. The van der Waals surface area contributed by atoms with E-state index in [4.69, 9.17) is 15.8 Å². The maximum absolute atomic E-state index is 15.2. The van der Waals surface area contributed by atoms with Gasteiger partial charge in [0.25, 0.3) is 21.9 Å². The van der Waals surface area contributed by atoms with Crippen molar-refractivity contribution in [3.63, 3.8) is 0 Å². The van der Waals surface area contributed by atoms with Gasteiger partial charge in [-0.15, -0.1) is 0 Å². The third-order valence-corrected chi connectivity index (χ3v) is 9.15. The first-order chi connectivity index (χ1) is 20.5. The number of nitrogens with zero attached hydrogens (tertiary/aromatic N) is 3. The number of carbonyl (C=O) groups excluding carboxylic acids is 2. The van der Waals surface area contributed by atoms with Crippen molar-refractivity contribution in [2.24, 2.45) is 7.05 Å². The van der Waals surface area contributed by atoms with Crippen LogP contribution >= 0.6 is 11.6 Å². The number of halogens is 2. The van der Waals surface area contributed by atoms with E-state index in [1.807, 2.05) is 6.92 Å². The minimum atomic E-state index is -4.17. The van der Waals surface area contributed by atoms with E-state index in [0.29, 0.717) is 22.2 Å². The predicted octanol–water partition coefficient (Wildman–Crippen LogP) is 4.98. The van der Waals surface area contributed by atoms with Crippen molar-refractivity contribution in [3.05, 3.63) is 100.0 Å². The van der Waals surface area contributed by atoms with E-state index in [1.165, 1.54) is 29.2 Å². The van der Waals surface area contributed by atoms with Gasteiger partial charge in [-0.1, -0.05) is 35.4 Å². The molecule has 1 aliphatic carbocycles. The van der Waals surface area contributed by atoms with E-state index >= 15 is 4.39 Å². The number of rotatable bonds is 7. The van der Waals surface area contributed by atoms with Gasteiger partial charge in [0.05, 0.1) is 29.0 Å². The van der Waals surface area contributed by atoms with Crippen LogP contribution in [-0.2, 0) is 39.2 Å². The molecular weight excluding hydrogens is 597 g/mol. The van der Waals surface area contributed by atoms with Gasteiger partial charge in [-0.25, -0.2) is 8.57 Å². The molecule has 13 heteroatoms. The molecule has 0 bridgehead atoms. The topological polar surface area (TPSA) is 123 Å². The molecular formula is C30H27ClFN5O5S. The number of aromatic nitrogens is 2. The summed E-state index contributed by atoms with van der Waals surface area (Å²) in [5, 5.41) is 10.6. The summed E-state index contributed by atoms with van der Waals surface area (Å²) in [6.07, 6.45) is 2.09. The van der Waals surface area contributed by atoms with Gasteiger partial charge < -0.3 is 15.5 Å². The summed E-state index contributed by atoms with van der Waals surface area (Å²) in [5.74, 6) is -1.08. The van der Waals surface area contributed by atoms with Gasteiger partial charge in [0.2, 0.25) is 0 Å². The molecule has 0 radical (unpaired) electrons. The third-order valence-electron chi connectivity index (χ3n) is 7.53. The van der Waals surface area contributed by atoms with Crippen LogP contribution in [0.5, 0.6) is 0 Å².